The molecule has 0 fully saturated rings. The van der Waals surface area contributed by atoms with Gasteiger partial charge in [-0.15, -0.1) is 22.9 Å². The first kappa shape index (κ1) is 33.9. The zero-order valence-corrected chi connectivity index (χ0v) is 25.5. The summed E-state index contributed by atoms with van der Waals surface area (Å²) in [6.45, 7) is 13.8. The van der Waals surface area contributed by atoms with Gasteiger partial charge in [0.25, 0.3) is 0 Å². The number of hydrogen-bond acceptors (Lipinski definition) is 0. The number of allylic oxidation sites excluding steroid dienone is 4. The van der Waals surface area contributed by atoms with E-state index in [1.165, 1.54) is 64.6 Å². The van der Waals surface area contributed by atoms with Crippen molar-refractivity contribution in [3.05, 3.63) is 80.6 Å². The molecule has 0 bridgehead atoms. The molecule has 5 heteroatoms. The Balaban J connectivity index is 0. The van der Waals surface area contributed by atoms with Crippen LogP contribution in [-0.4, -0.2) is 9.52 Å². The predicted octanol–water partition coefficient (Wildman–Crippen LogP) is -2.84. The Morgan fingerprint density at radius 2 is 1.31 bits per heavy atom. The molecule has 1 aliphatic rings. The monoisotopic (exact) mass is 540 g/mol. The van der Waals surface area contributed by atoms with Gasteiger partial charge in [-0.3, -0.25) is 0 Å². The minimum absolute atomic E-state index is 0. The molecule has 0 radical (unpaired) electrons. The molecule has 2 aromatic carbocycles. The summed E-state index contributed by atoms with van der Waals surface area (Å²) >= 11 is 0. The van der Waals surface area contributed by atoms with Crippen molar-refractivity contribution in [1.82, 2.24) is 0 Å². The molecule has 0 saturated heterocycles. The molecule has 1 aliphatic carbocycles. The predicted molar refractivity (Wildman–Crippen MR) is 127 cm³/mol. The topological polar surface area (TPSA) is 0 Å². The van der Waals surface area contributed by atoms with Crippen LogP contribution in [0.2, 0.25) is 0 Å². The summed E-state index contributed by atoms with van der Waals surface area (Å²) in [5.41, 5.74) is 11.9. The number of hydrogen-bond donors (Lipinski definition) is 0. The van der Waals surface area contributed by atoms with Crippen molar-refractivity contribution in [2.75, 3.05) is 0 Å². The molecule has 0 nitrogen and oxygen atoms in total. The summed E-state index contributed by atoms with van der Waals surface area (Å²) in [4.78, 5) is 0. The quantitative estimate of drug-likeness (QED) is 0.201. The van der Waals surface area contributed by atoms with Crippen LogP contribution in [0.1, 0.15) is 72.4 Å². The Hall–Kier alpha value is -0.279. The molecular formula is C27H35Cl3SiTi. The molecule has 2 aromatic rings. The van der Waals surface area contributed by atoms with Crippen molar-refractivity contribution in [3.8, 4) is 0 Å². The van der Waals surface area contributed by atoms with Gasteiger partial charge >= 0.3 is 21.7 Å². The average Bonchev–Trinajstić information content (AvgIpc) is 3.12. The third-order valence-electron chi connectivity index (χ3n) is 6.77. The molecule has 0 amide bonds. The van der Waals surface area contributed by atoms with Crippen molar-refractivity contribution < 1.29 is 58.9 Å². The fraction of sp³-hybridized carbons (Fsp3) is 0.407. The van der Waals surface area contributed by atoms with E-state index in [2.05, 4.69) is 78.0 Å². The Morgan fingerprint density at radius 1 is 0.781 bits per heavy atom. The van der Waals surface area contributed by atoms with Crippen LogP contribution in [0.5, 0.6) is 0 Å². The van der Waals surface area contributed by atoms with Gasteiger partial charge in [0, 0.05) is 0 Å². The van der Waals surface area contributed by atoms with E-state index in [0.717, 1.165) is 6.42 Å². The van der Waals surface area contributed by atoms with Gasteiger partial charge in [0.1, 0.15) is 0 Å². The summed E-state index contributed by atoms with van der Waals surface area (Å²) in [5, 5.41) is 3.25. The second-order valence-electron chi connectivity index (χ2n) is 8.49. The number of benzene rings is 2. The van der Waals surface area contributed by atoms with E-state index in [0.29, 0.717) is 0 Å². The van der Waals surface area contributed by atoms with Crippen LogP contribution in [0, 0.1) is 40.7 Å². The number of unbranched alkanes of at least 4 members (excludes halogenated alkanes) is 2. The third-order valence-corrected chi connectivity index (χ3v) is 9.04. The van der Waals surface area contributed by atoms with E-state index in [9.17, 15) is 0 Å². The number of halogens is 3. The Labute approximate surface area is 232 Å². The van der Waals surface area contributed by atoms with Crippen LogP contribution in [0.15, 0.2) is 41.1 Å². The van der Waals surface area contributed by atoms with E-state index in [-0.39, 0.29) is 58.9 Å². The third kappa shape index (κ3) is 7.62. The minimum Gasteiger partial charge on any atom is -1.00 e. The van der Waals surface area contributed by atoms with Crippen molar-refractivity contribution >= 4 is 20.3 Å². The fourth-order valence-corrected chi connectivity index (χ4v) is 6.68. The van der Waals surface area contributed by atoms with Crippen LogP contribution in [0.4, 0.5) is 0 Å². The molecule has 0 heterocycles. The summed E-state index contributed by atoms with van der Waals surface area (Å²) in [7, 11) is -0.485. The molecule has 0 saturated carbocycles. The van der Waals surface area contributed by atoms with Crippen molar-refractivity contribution in [1.29, 1.82) is 0 Å². The smallest absolute Gasteiger partial charge is 1.00 e. The normalized spacial score (nSPS) is 12.6. The van der Waals surface area contributed by atoms with Crippen molar-refractivity contribution in [2.45, 2.75) is 73.6 Å². The van der Waals surface area contributed by atoms with Crippen LogP contribution in [0.25, 0.3) is 5.57 Å². The molecule has 0 aromatic heterocycles. The summed E-state index contributed by atoms with van der Waals surface area (Å²) < 4.78 is 0. The van der Waals surface area contributed by atoms with Crippen LogP contribution in [0.3, 0.4) is 0 Å². The summed E-state index contributed by atoms with van der Waals surface area (Å²) in [6.07, 6.45) is 10.2. The van der Waals surface area contributed by atoms with E-state index in [1.54, 1.807) is 16.0 Å². The summed E-state index contributed by atoms with van der Waals surface area (Å²) in [5.74, 6) is 0. The van der Waals surface area contributed by atoms with Gasteiger partial charge in [0.05, 0.1) is 9.52 Å². The SMILES string of the molecule is CCCCCC1=C(c2ccccc2)[C-]=C([SiH2]c2c(C)c(C)c(C)c(C)c2C)C1.[Cl-].[Cl-].[Cl-].[Ti+4]. The number of rotatable bonds is 7. The molecule has 0 N–H and O–H groups in total. The largest absolute Gasteiger partial charge is 4.00 e. The Bertz CT molecular complexity index is 905. The second kappa shape index (κ2) is 15.6. The standard InChI is InChI=1S/C27H35Si.3ClH.Ti/c1-7-8-10-15-24-16-25(17-26(24)23-13-11-9-12-14-23)28-27-21(5)19(3)18(2)20(4)22(27)6;;;;/h9,11-14H,7-8,10,15-16,28H2,1-6H3;3*1H;/q-1;;;;+4/p-3. The van der Waals surface area contributed by atoms with Gasteiger partial charge in [-0.05, 0) is 62.4 Å². The van der Waals surface area contributed by atoms with Gasteiger partial charge in [-0.2, -0.15) is 17.2 Å². The first-order valence-electron chi connectivity index (χ1n) is 10.9. The fourth-order valence-electron chi connectivity index (χ4n) is 4.50. The maximum absolute atomic E-state index is 3.90. The van der Waals surface area contributed by atoms with Crippen molar-refractivity contribution in [3.63, 3.8) is 0 Å². The maximum Gasteiger partial charge on any atom is 4.00 e. The molecule has 3 rings (SSSR count). The second-order valence-corrected chi connectivity index (χ2v) is 10.4. The minimum atomic E-state index is -0.485. The van der Waals surface area contributed by atoms with Gasteiger partial charge in [0.2, 0.25) is 0 Å². The molecule has 172 valence electrons. The molecule has 0 atom stereocenters. The Morgan fingerprint density at radius 3 is 1.84 bits per heavy atom. The molecule has 32 heavy (non-hydrogen) atoms. The van der Waals surface area contributed by atoms with Crippen LogP contribution < -0.4 is 42.4 Å². The van der Waals surface area contributed by atoms with E-state index in [1.807, 2.05) is 0 Å². The Kier molecular flexibility index (Phi) is 16.5. The first-order chi connectivity index (χ1) is 13.4. The molecule has 0 aliphatic heterocycles. The average molecular weight is 542 g/mol. The zero-order valence-electron chi connectivity index (χ0n) is 20.3. The van der Waals surface area contributed by atoms with E-state index >= 15 is 0 Å². The van der Waals surface area contributed by atoms with Crippen LogP contribution in [-0.2, 0) is 21.7 Å². The van der Waals surface area contributed by atoms with Crippen molar-refractivity contribution in [2.24, 2.45) is 0 Å². The van der Waals surface area contributed by atoms with Gasteiger partial charge in [-0.1, -0.05) is 62.4 Å². The molecule has 0 spiro atoms. The van der Waals surface area contributed by atoms with Gasteiger partial charge < -0.3 is 37.2 Å². The first-order valence-corrected chi connectivity index (χ1v) is 12.3. The maximum atomic E-state index is 3.90. The van der Waals surface area contributed by atoms with E-state index in [4.69, 9.17) is 0 Å². The van der Waals surface area contributed by atoms with Gasteiger partial charge in [-0.25, -0.2) is 0 Å². The van der Waals surface area contributed by atoms with Gasteiger partial charge in [0.15, 0.2) is 0 Å². The molecular weight excluding hydrogens is 507 g/mol. The van der Waals surface area contributed by atoms with E-state index < -0.39 is 9.52 Å². The van der Waals surface area contributed by atoms with Crippen LogP contribution >= 0.6 is 0 Å². The molecule has 0 unspecified atom stereocenters. The summed E-state index contributed by atoms with van der Waals surface area (Å²) in [6, 6.07) is 10.9. The zero-order chi connectivity index (χ0) is 20.3.